The van der Waals surface area contributed by atoms with Crippen LogP contribution in [-0.4, -0.2) is 30.1 Å². The molecule has 0 spiro atoms. The minimum absolute atomic E-state index is 0.365. The molecule has 4 N–H and O–H groups in total. The lowest BCUT2D eigenvalue weighted by atomic mass is 10.2. The van der Waals surface area contributed by atoms with Crippen molar-refractivity contribution in [3.63, 3.8) is 0 Å². The Morgan fingerprint density at radius 2 is 1.80 bits per heavy atom. The van der Waals surface area contributed by atoms with Crippen LogP contribution < -0.4 is 11.1 Å². The van der Waals surface area contributed by atoms with E-state index in [1.807, 2.05) is 0 Å². The van der Waals surface area contributed by atoms with E-state index in [4.69, 9.17) is 10.8 Å². The van der Waals surface area contributed by atoms with Crippen molar-refractivity contribution in [2.24, 2.45) is 5.73 Å². The summed E-state index contributed by atoms with van der Waals surface area (Å²) < 4.78 is 0. The molecule has 0 aliphatic rings. The monoisotopic (exact) mass is 214 g/mol. The number of rotatable bonds is 8. The Labute approximate surface area is 89.3 Å². The second kappa shape index (κ2) is 9.21. The van der Waals surface area contributed by atoms with Crippen molar-refractivity contribution in [1.29, 1.82) is 0 Å². The first-order valence-electron chi connectivity index (χ1n) is 5.05. The van der Waals surface area contributed by atoms with Gasteiger partial charge in [-0.1, -0.05) is 12.8 Å². The molecule has 0 radical (unpaired) electrons. The molecule has 0 aliphatic carbocycles. The summed E-state index contributed by atoms with van der Waals surface area (Å²) in [4.78, 5) is 21.0. The molecule has 0 unspecified atom stereocenters. The smallest absolute Gasteiger partial charge is 0.328 e. The third-order valence-electron chi connectivity index (χ3n) is 1.81. The van der Waals surface area contributed by atoms with Crippen molar-refractivity contribution in [1.82, 2.24) is 5.32 Å². The maximum atomic E-state index is 11.0. The van der Waals surface area contributed by atoms with Crippen LogP contribution in [0.15, 0.2) is 12.2 Å². The van der Waals surface area contributed by atoms with E-state index < -0.39 is 5.97 Å². The van der Waals surface area contributed by atoms with E-state index in [-0.39, 0.29) is 5.91 Å². The third-order valence-corrected chi connectivity index (χ3v) is 1.81. The Kier molecular flexibility index (Phi) is 8.37. The molecule has 0 aromatic rings. The minimum atomic E-state index is -1.12. The Morgan fingerprint density at radius 3 is 2.40 bits per heavy atom. The summed E-state index contributed by atoms with van der Waals surface area (Å²) >= 11 is 0. The highest BCUT2D eigenvalue weighted by Gasteiger charge is 1.95. The predicted molar refractivity (Wildman–Crippen MR) is 57.3 cm³/mol. The van der Waals surface area contributed by atoms with Gasteiger partial charge in [0, 0.05) is 18.7 Å². The minimum Gasteiger partial charge on any atom is -0.478 e. The van der Waals surface area contributed by atoms with Gasteiger partial charge in [-0.25, -0.2) is 4.79 Å². The summed E-state index contributed by atoms with van der Waals surface area (Å²) in [7, 11) is 0. The number of carboxylic acids is 1. The van der Waals surface area contributed by atoms with E-state index in [1.54, 1.807) is 0 Å². The molecule has 0 heterocycles. The molecular weight excluding hydrogens is 196 g/mol. The number of hydrogen-bond donors (Lipinski definition) is 3. The molecule has 5 nitrogen and oxygen atoms in total. The molecule has 0 fully saturated rings. The van der Waals surface area contributed by atoms with Crippen LogP contribution in [0.2, 0.25) is 0 Å². The molecule has 86 valence electrons. The Morgan fingerprint density at radius 1 is 1.13 bits per heavy atom. The van der Waals surface area contributed by atoms with Crippen molar-refractivity contribution < 1.29 is 14.7 Å². The maximum Gasteiger partial charge on any atom is 0.328 e. The molecule has 0 saturated heterocycles. The lowest BCUT2D eigenvalue weighted by Crippen LogP contribution is -2.22. The zero-order valence-electron chi connectivity index (χ0n) is 8.74. The molecule has 0 aromatic carbocycles. The summed E-state index contributed by atoms with van der Waals surface area (Å²) in [6.45, 7) is 1.28. The number of hydrogen-bond acceptors (Lipinski definition) is 3. The third kappa shape index (κ3) is 10.6. The average Bonchev–Trinajstić information content (AvgIpc) is 2.20. The first-order valence-corrected chi connectivity index (χ1v) is 5.05. The summed E-state index contributed by atoms with van der Waals surface area (Å²) in [6, 6.07) is 0. The van der Waals surface area contributed by atoms with Gasteiger partial charge in [-0.05, 0) is 19.4 Å². The highest BCUT2D eigenvalue weighted by molar-refractivity contribution is 5.93. The SMILES string of the molecule is NCCCCCCNC(=O)C=CC(=O)O. The van der Waals surface area contributed by atoms with Crippen molar-refractivity contribution in [3.05, 3.63) is 12.2 Å². The second-order valence-corrected chi connectivity index (χ2v) is 3.17. The van der Waals surface area contributed by atoms with Gasteiger partial charge in [0.05, 0.1) is 0 Å². The standard InChI is InChI=1S/C10H18N2O3/c11-7-3-1-2-4-8-12-9(13)5-6-10(14)15/h5-6H,1-4,7-8,11H2,(H,12,13)(H,14,15). The van der Waals surface area contributed by atoms with Crippen molar-refractivity contribution in [2.75, 3.05) is 13.1 Å². The number of nitrogens with one attached hydrogen (secondary N) is 1. The first kappa shape index (κ1) is 13.6. The second-order valence-electron chi connectivity index (χ2n) is 3.17. The Hall–Kier alpha value is -1.36. The van der Waals surface area contributed by atoms with Gasteiger partial charge < -0.3 is 16.2 Å². The molecule has 1 amide bonds. The highest BCUT2D eigenvalue weighted by Crippen LogP contribution is 1.96. The van der Waals surface area contributed by atoms with Crippen molar-refractivity contribution in [3.8, 4) is 0 Å². The van der Waals surface area contributed by atoms with E-state index in [9.17, 15) is 9.59 Å². The number of carboxylic acid groups (broad SMARTS) is 1. The van der Waals surface area contributed by atoms with Gasteiger partial charge in [0.15, 0.2) is 0 Å². The van der Waals surface area contributed by atoms with Crippen LogP contribution in [0, 0.1) is 0 Å². The molecule has 0 saturated carbocycles. The van der Waals surface area contributed by atoms with Gasteiger partial charge in [-0.15, -0.1) is 0 Å². The number of carbonyl (C=O) groups is 2. The van der Waals surface area contributed by atoms with Crippen LogP contribution in [0.4, 0.5) is 0 Å². The van der Waals surface area contributed by atoms with Gasteiger partial charge in [-0.3, -0.25) is 4.79 Å². The zero-order valence-corrected chi connectivity index (χ0v) is 8.74. The van der Waals surface area contributed by atoms with Gasteiger partial charge in [0.1, 0.15) is 0 Å². The summed E-state index contributed by atoms with van der Waals surface area (Å²) in [6.07, 6.45) is 5.84. The van der Waals surface area contributed by atoms with Crippen molar-refractivity contribution in [2.45, 2.75) is 25.7 Å². The van der Waals surface area contributed by atoms with E-state index >= 15 is 0 Å². The molecule has 0 aliphatic heterocycles. The lowest BCUT2D eigenvalue weighted by Gasteiger charge is -2.01. The summed E-state index contributed by atoms with van der Waals surface area (Å²) in [5.41, 5.74) is 5.32. The predicted octanol–water partition coefficient (Wildman–Crippen LogP) is 0.263. The fraction of sp³-hybridized carbons (Fsp3) is 0.600. The van der Waals surface area contributed by atoms with Gasteiger partial charge in [-0.2, -0.15) is 0 Å². The summed E-state index contributed by atoms with van der Waals surface area (Å²) in [5, 5.41) is 10.8. The van der Waals surface area contributed by atoms with Crippen LogP contribution >= 0.6 is 0 Å². The zero-order chi connectivity index (χ0) is 11.5. The van der Waals surface area contributed by atoms with Crippen LogP contribution in [0.3, 0.4) is 0 Å². The van der Waals surface area contributed by atoms with Crippen LogP contribution in [-0.2, 0) is 9.59 Å². The molecule has 0 rings (SSSR count). The largest absolute Gasteiger partial charge is 0.478 e. The van der Waals surface area contributed by atoms with E-state index in [0.717, 1.165) is 37.8 Å². The van der Waals surface area contributed by atoms with Gasteiger partial charge in [0.2, 0.25) is 5.91 Å². The molecule has 0 atom stereocenters. The average molecular weight is 214 g/mol. The van der Waals surface area contributed by atoms with Gasteiger partial charge >= 0.3 is 5.97 Å². The first-order chi connectivity index (χ1) is 7.16. The fourth-order valence-corrected chi connectivity index (χ4v) is 1.04. The molecule has 5 heteroatoms. The molecule has 15 heavy (non-hydrogen) atoms. The van der Waals surface area contributed by atoms with Crippen molar-refractivity contribution >= 4 is 11.9 Å². The summed E-state index contributed by atoms with van der Waals surface area (Å²) in [5.74, 6) is -1.48. The van der Waals surface area contributed by atoms with Crippen LogP contribution in [0.25, 0.3) is 0 Å². The Balaban J connectivity index is 3.35. The lowest BCUT2D eigenvalue weighted by molar-refractivity contribution is -0.131. The van der Waals surface area contributed by atoms with Crippen LogP contribution in [0.5, 0.6) is 0 Å². The van der Waals surface area contributed by atoms with Gasteiger partial charge in [0.25, 0.3) is 0 Å². The van der Waals surface area contributed by atoms with E-state index in [0.29, 0.717) is 13.1 Å². The normalized spacial score (nSPS) is 10.5. The number of carbonyl (C=O) groups excluding carboxylic acids is 1. The van der Waals surface area contributed by atoms with E-state index in [2.05, 4.69) is 5.32 Å². The molecule has 0 aromatic heterocycles. The molecular formula is C10H18N2O3. The fourth-order valence-electron chi connectivity index (χ4n) is 1.04. The topological polar surface area (TPSA) is 92.4 Å². The molecule has 0 bridgehead atoms. The van der Waals surface area contributed by atoms with E-state index in [1.165, 1.54) is 0 Å². The number of nitrogens with two attached hydrogens (primary N) is 1. The highest BCUT2D eigenvalue weighted by atomic mass is 16.4. The number of aliphatic carboxylic acids is 1. The quantitative estimate of drug-likeness (QED) is 0.399. The van der Waals surface area contributed by atoms with Crippen LogP contribution in [0.1, 0.15) is 25.7 Å². The number of unbranched alkanes of at least 4 members (excludes halogenated alkanes) is 3. The maximum absolute atomic E-state index is 11.0. The number of amides is 1. The Bertz CT molecular complexity index is 227.